The number of rotatable bonds is 3. The molecule has 0 saturated carbocycles. The van der Waals surface area contributed by atoms with Crippen LogP contribution in [0.5, 0.6) is 0 Å². The predicted molar refractivity (Wildman–Crippen MR) is 70.3 cm³/mol. The van der Waals surface area contributed by atoms with Crippen LogP contribution in [0.4, 0.5) is 11.7 Å². The van der Waals surface area contributed by atoms with Gasteiger partial charge in [0.25, 0.3) is 11.7 Å². The number of hydrogen-bond acceptors (Lipinski definition) is 6. The number of benzene rings is 1. The molecule has 0 bridgehead atoms. The Labute approximate surface area is 113 Å². The molecule has 1 unspecified atom stereocenters. The summed E-state index contributed by atoms with van der Waals surface area (Å²) in [6, 6.07) is 4.00. The molecule has 0 spiro atoms. The van der Waals surface area contributed by atoms with E-state index in [1.165, 1.54) is 18.2 Å². The summed E-state index contributed by atoms with van der Waals surface area (Å²) in [5.41, 5.74) is 0.778. The minimum Gasteiger partial charge on any atom is -0.424 e. The van der Waals surface area contributed by atoms with Crippen LogP contribution in [0.1, 0.15) is 12.8 Å². The highest BCUT2D eigenvalue weighted by molar-refractivity contribution is 5.85. The summed E-state index contributed by atoms with van der Waals surface area (Å²) in [5, 5.41) is 16.3. The molecule has 1 amide bonds. The number of nitro benzene ring substituents is 1. The van der Waals surface area contributed by atoms with Gasteiger partial charge in [0, 0.05) is 18.7 Å². The average molecular weight is 276 g/mol. The summed E-state index contributed by atoms with van der Waals surface area (Å²) >= 11 is 0. The number of nitro groups is 1. The van der Waals surface area contributed by atoms with E-state index in [0.717, 1.165) is 6.42 Å². The van der Waals surface area contributed by atoms with Crippen molar-refractivity contribution >= 4 is 28.7 Å². The number of aromatic nitrogens is 1. The van der Waals surface area contributed by atoms with Crippen LogP contribution in [-0.2, 0) is 4.79 Å². The van der Waals surface area contributed by atoms with Crippen molar-refractivity contribution < 1.29 is 14.1 Å². The summed E-state index contributed by atoms with van der Waals surface area (Å²) in [6.07, 6.45) is 1.58. The molecular formula is C12H12N4O4. The van der Waals surface area contributed by atoms with Crippen molar-refractivity contribution in [3.05, 3.63) is 28.3 Å². The van der Waals surface area contributed by atoms with E-state index in [2.05, 4.69) is 15.6 Å². The fourth-order valence-electron chi connectivity index (χ4n) is 2.15. The van der Waals surface area contributed by atoms with Crippen LogP contribution in [0.2, 0.25) is 0 Å². The molecule has 8 nitrogen and oxygen atoms in total. The van der Waals surface area contributed by atoms with Crippen LogP contribution in [-0.4, -0.2) is 28.4 Å². The van der Waals surface area contributed by atoms with Gasteiger partial charge >= 0.3 is 0 Å². The van der Waals surface area contributed by atoms with Gasteiger partial charge in [0.15, 0.2) is 5.58 Å². The van der Waals surface area contributed by atoms with E-state index < -0.39 is 4.92 Å². The summed E-state index contributed by atoms with van der Waals surface area (Å²) in [5.74, 6) is -0.0931. The normalized spacial score (nSPS) is 18.8. The third-order valence-electron chi connectivity index (χ3n) is 3.16. The summed E-state index contributed by atoms with van der Waals surface area (Å²) in [6.45, 7) is 0.677. The van der Waals surface area contributed by atoms with Crippen LogP contribution in [0.25, 0.3) is 11.1 Å². The van der Waals surface area contributed by atoms with Crippen molar-refractivity contribution in [1.29, 1.82) is 0 Å². The number of carbonyl (C=O) groups is 1. The Bertz CT molecular complexity index is 681. The number of nitrogens with zero attached hydrogens (tertiary/aromatic N) is 2. The van der Waals surface area contributed by atoms with Gasteiger partial charge in [-0.05, 0) is 18.9 Å². The lowest BCUT2D eigenvalue weighted by molar-refractivity contribution is -0.384. The maximum Gasteiger partial charge on any atom is 0.296 e. The van der Waals surface area contributed by atoms with Crippen molar-refractivity contribution in [2.24, 2.45) is 0 Å². The quantitative estimate of drug-likeness (QED) is 0.648. The molecule has 1 aromatic heterocycles. The molecule has 1 atom stereocenters. The number of nitrogens with one attached hydrogen (secondary N) is 2. The van der Waals surface area contributed by atoms with Gasteiger partial charge in [-0.3, -0.25) is 14.9 Å². The monoisotopic (exact) mass is 276 g/mol. The van der Waals surface area contributed by atoms with Crippen LogP contribution in [0, 0.1) is 10.1 Å². The zero-order chi connectivity index (χ0) is 14.1. The van der Waals surface area contributed by atoms with Crippen LogP contribution in [0.15, 0.2) is 22.6 Å². The number of carbonyl (C=O) groups excluding carboxylic acids is 1. The molecule has 8 heteroatoms. The average Bonchev–Trinajstić information content (AvgIpc) is 2.82. The van der Waals surface area contributed by atoms with Crippen LogP contribution < -0.4 is 10.6 Å². The van der Waals surface area contributed by atoms with E-state index in [4.69, 9.17) is 4.42 Å². The number of piperidine rings is 1. The van der Waals surface area contributed by atoms with Gasteiger partial charge < -0.3 is 15.1 Å². The van der Waals surface area contributed by atoms with Gasteiger partial charge in [0.05, 0.1) is 4.92 Å². The molecular weight excluding hydrogens is 264 g/mol. The van der Waals surface area contributed by atoms with Crippen molar-refractivity contribution in [1.82, 2.24) is 10.3 Å². The van der Waals surface area contributed by atoms with Crippen molar-refractivity contribution in [3.8, 4) is 0 Å². The first-order valence-corrected chi connectivity index (χ1v) is 6.23. The molecule has 1 saturated heterocycles. The zero-order valence-corrected chi connectivity index (χ0v) is 10.5. The first kappa shape index (κ1) is 12.4. The van der Waals surface area contributed by atoms with E-state index in [1.807, 2.05) is 0 Å². The maximum absolute atomic E-state index is 11.6. The number of fused-ring (bicyclic) bond motifs is 1. The maximum atomic E-state index is 11.6. The SMILES string of the molecule is O=C1NCCCC1Nc1nc2cc([N+](=O)[O-])ccc2o1. The highest BCUT2D eigenvalue weighted by Crippen LogP contribution is 2.24. The molecule has 1 fully saturated rings. The second kappa shape index (κ2) is 4.80. The fourth-order valence-corrected chi connectivity index (χ4v) is 2.15. The third-order valence-corrected chi connectivity index (χ3v) is 3.16. The van der Waals surface area contributed by atoms with Gasteiger partial charge in [-0.1, -0.05) is 0 Å². The lowest BCUT2D eigenvalue weighted by Crippen LogP contribution is -2.44. The first-order chi connectivity index (χ1) is 9.63. The second-order valence-corrected chi connectivity index (χ2v) is 4.56. The zero-order valence-electron chi connectivity index (χ0n) is 10.5. The van der Waals surface area contributed by atoms with E-state index in [0.29, 0.717) is 24.1 Å². The Morgan fingerprint density at radius 3 is 3.10 bits per heavy atom. The van der Waals surface area contributed by atoms with Crippen LogP contribution in [0.3, 0.4) is 0 Å². The van der Waals surface area contributed by atoms with Crippen molar-refractivity contribution in [2.75, 3.05) is 11.9 Å². The molecule has 1 aromatic carbocycles. The van der Waals surface area contributed by atoms with Gasteiger partial charge in [0.1, 0.15) is 11.6 Å². The molecule has 0 radical (unpaired) electrons. The number of hydrogen-bond donors (Lipinski definition) is 2. The van der Waals surface area contributed by atoms with Gasteiger partial charge in [0.2, 0.25) is 5.91 Å². The standard InChI is InChI=1S/C12H12N4O4/c17-11-8(2-1-5-13-11)14-12-15-9-6-7(16(18)19)3-4-10(9)20-12/h3-4,6,8H,1-2,5H2,(H,13,17)(H,14,15). The molecule has 1 aliphatic heterocycles. The Hall–Kier alpha value is -2.64. The van der Waals surface area contributed by atoms with Crippen LogP contribution >= 0.6 is 0 Å². The molecule has 2 aromatic rings. The van der Waals surface area contributed by atoms with Gasteiger partial charge in [-0.25, -0.2) is 0 Å². The predicted octanol–water partition coefficient (Wildman–Crippen LogP) is 1.43. The molecule has 20 heavy (non-hydrogen) atoms. The van der Waals surface area contributed by atoms with E-state index in [9.17, 15) is 14.9 Å². The topological polar surface area (TPSA) is 110 Å². The summed E-state index contributed by atoms with van der Waals surface area (Å²) in [7, 11) is 0. The highest BCUT2D eigenvalue weighted by atomic mass is 16.6. The Balaban J connectivity index is 1.85. The van der Waals surface area contributed by atoms with Gasteiger partial charge in [-0.15, -0.1) is 0 Å². The second-order valence-electron chi connectivity index (χ2n) is 4.56. The number of anilines is 1. The number of oxazole rings is 1. The third kappa shape index (κ3) is 2.27. The number of non-ortho nitro benzene ring substituents is 1. The van der Waals surface area contributed by atoms with E-state index in [1.54, 1.807) is 0 Å². The van der Waals surface area contributed by atoms with Gasteiger partial charge in [-0.2, -0.15) is 4.98 Å². The lowest BCUT2D eigenvalue weighted by Gasteiger charge is -2.21. The Morgan fingerprint density at radius 2 is 2.35 bits per heavy atom. The smallest absolute Gasteiger partial charge is 0.296 e. The summed E-state index contributed by atoms with van der Waals surface area (Å²) < 4.78 is 5.43. The lowest BCUT2D eigenvalue weighted by atomic mass is 10.1. The minimum atomic E-state index is -0.490. The molecule has 2 heterocycles. The van der Waals surface area contributed by atoms with E-state index in [-0.39, 0.29) is 23.7 Å². The molecule has 1 aliphatic rings. The highest BCUT2D eigenvalue weighted by Gasteiger charge is 2.23. The Kier molecular flexibility index (Phi) is 2.97. The van der Waals surface area contributed by atoms with Crippen molar-refractivity contribution in [3.63, 3.8) is 0 Å². The first-order valence-electron chi connectivity index (χ1n) is 6.23. The fraction of sp³-hybridized carbons (Fsp3) is 0.333. The van der Waals surface area contributed by atoms with Crippen molar-refractivity contribution in [2.45, 2.75) is 18.9 Å². The largest absolute Gasteiger partial charge is 0.424 e. The Morgan fingerprint density at radius 1 is 1.50 bits per heavy atom. The number of amides is 1. The molecule has 3 rings (SSSR count). The van der Waals surface area contributed by atoms with E-state index >= 15 is 0 Å². The summed E-state index contributed by atoms with van der Waals surface area (Å²) in [4.78, 5) is 25.9. The minimum absolute atomic E-state index is 0.0484. The molecule has 2 N–H and O–H groups in total. The molecule has 0 aliphatic carbocycles. The molecule has 104 valence electrons.